The molecule has 0 amide bonds. The summed E-state index contributed by atoms with van der Waals surface area (Å²) in [6.45, 7) is 4.56. The highest BCUT2D eigenvalue weighted by atomic mass is 19.1. The molecule has 0 aliphatic heterocycles. The molecule has 2 aromatic rings. The maximum Gasteiger partial charge on any atom is 0.126 e. The number of nitrogens with one attached hydrogen (secondary N) is 1. The molecule has 20 heavy (non-hydrogen) atoms. The van der Waals surface area contributed by atoms with Crippen LogP contribution in [0.25, 0.3) is 0 Å². The van der Waals surface area contributed by atoms with Gasteiger partial charge in [0.05, 0.1) is 6.61 Å². The smallest absolute Gasteiger partial charge is 0.126 e. The number of aryl methyl sites for hydroxylation is 1. The van der Waals surface area contributed by atoms with Crippen molar-refractivity contribution in [1.82, 2.24) is 5.32 Å². The molecule has 0 bridgehead atoms. The zero-order chi connectivity index (χ0) is 14.5. The van der Waals surface area contributed by atoms with E-state index in [1.165, 1.54) is 0 Å². The van der Waals surface area contributed by atoms with E-state index in [1.807, 2.05) is 37.3 Å². The SMILES string of the molecule is Cc1ccc(C(C)NCc2ccc(CO)cc2)cc1F. The van der Waals surface area contributed by atoms with Crippen LogP contribution in [0.5, 0.6) is 0 Å². The van der Waals surface area contributed by atoms with Crippen LogP contribution in [0.2, 0.25) is 0 Å². The van der Waals surface area contributed by atoms with Crippen LogP contribution in [0.4, 0.5) is 4.39 Å². The van der Waals surface area contributed by atoms with E-state index in [2.05, 4.69) is 5.32 Å². The molecule has 2 N–H and O–H groups in total. The molecule has 0 saturated carbocycles. The topological polar surface area (TPSA) is 32.3 Å². The molecular weight excluding hydrogens is 253 g/mol. The average molecular weight is 273 g/mol. The number of aliphatic hydroxyl groups is 1. The summed E-state index contributed by atoms with van der Waals surface area (Å²) in [5, 5.41) is 12.4. The van der Waals surface area contributed by atoms with E-state index in [1.54, 1.807) is 19.1 Å². The highest BCUT2D eigenvalue weighted by Gasteiger charge is 2.07. The normalized spacial score (nSPS) is 12.4. The first-order valence-electron chi connectivity index (χ1n) is 6.78. The molecule has 0 saturated heterocycles. The van der Waals surface area contributed by atoms with Gasteiger partial charge in [-0.05, 0) is 42.2 Å². The van der Waals surface area contributed by atoms with Crippen molar-refractivity contribution in [2.75, 3.05) is 0 Å². The Hall–Kier alpha value is -1.71. The van der Waals surface area contributed by atoms with Crippen molar-refractivity contribution in [3.8, 4) is 0 Å². The first-order valence-corrected chi connectivity index (χ1v) is 6.78. The minimum atomic E-state index is -0.163. The Morgan fingerprint density at radius 2 is 1.75 bits per heavy atom. The molecular formula is C17H20FNO. The molecule has 3 heteroatoms. The van der Waals surface area contributed by atoms with Crippen molar-refractivity contribution < 1.29 is 9.50 Å². The fraction of sp³-hybridized carbons (Fsp3) is 0.294. The van der Waals surface area contributed by atoms with Gasteiger partial charge in [0.15, 0.2) is 0 Å². The van der Waals surface area contributed by atoms with Gasteiger partial charge in [-0.1, -0.05) is 36.4 Å². The summed E-state index contributed by atoms with van der Waals surface area (Å²) >= 11 is 0. The lowest BCUT2D eigenvalue weighted by Crippen LogP contribution is -2.18. The molecule has 0 fully saturated rings. The summed E-state index contributed by atoms with van der Waals surface area (Å²) in [7, 11) is 0. The third-order valence-electron chi connectivity index (χ3n) is 3.51. The summed E-state index contributed by atoms with van der Waals surface area (Å²) in [4.78, 5) is 0. The van der Waals surface area contributed by atoms with Crippen molar-refractivity contribution in [1.29, 1.82) is 0 Å². The summed E-state index contributed by atoms with van der Waals surface area (Å²) in [6.07, 6.45) is 0. The minimum Gasteiger partial charge on any atom is -0.392 e. The largest absolute Gasteiger partial charge is 0.392 e. The highest BCUT2D eigenvalue weighted by molar-refractivity contribution is 5.26. The number of hydrogen-bond acceptors (Lipinski definition) is 2. The van der Waals surface area contributed by atoms with E-state index < -0.39 is 0 Å². The van der Waals surface area contributed by atoms with Crippen LogP contribution in [0.1, 0.15) is 35.2 Å². The lowest BCUT2D eigenvalue weighted by Gasteiger charge is -2.15. The van der Waals surface area contributed by atoms with E-state index >= 15 is 0 Å². The van der Waals surface area contributed by atoms with E-state index in [0.717, 1.165) is 16.7 Å². The van der Waals surface area contributed by atoms with Crippen LogP contribution in [-0.2, 0) is 13.2 Å². The number of aliphatic hydroxyl groups excluding tert-OH is 1. The lowest BCUT2D eigenvalue weighted by atomic mass is 10.1. The fourth-order valence-corrected chi connectivity index (χ4v) is 2.03. The molecule has 0 radical (unpaired) electrons. The molecule has 2 aromatic carbocycles. The van der Waals surface area contributed by atoms with Gasteiger partial charge in [0.25, 0.3) is 0 Å². The Kier molecular flexibility index (Phi) is 4.88. The van der Waals surface area contributed by atoms with Crippen molar-refractivity contribution in [3.63, 3.8) is 0 Å². The summed E-state index contributed by atoms with van der Waals surface area (Å²) in [5.41, 5.74) is 3.66. The van der Waals surface area contributed by atoms with Crippen LogP contribution in [0, 0.1) is 12.7 Å². The van der Waals surface area contributed by atoms with Crippen molar-refractivity contribution in [2.24, 2.45) is 0 Å². The van der Waals surface area contributed by atoms with Crippen LogP contribution >= 0.6 is 0 Å². The Morgan fingerprint density at radius 1 is 1.10 bits per heavy atom. The van der Waals surface area contributed by atoms with E-state index in [4.69, 9.17) is 5.11 Å². The molecule has 106 valence electrons. The molecule has 2 rings (SSSR count). The lowest BCUT2D eigenvalue weighted by molar-refractivity contribution is 0.282. The standard InChI is InChI=1S/C17H20FNO/c1-12-3-8-16(9-17(12)18)13(2)19-10-14-4-6-15(11-20)7-5-14/h3-9,13,19-20H,10-11H2,1-2H3. The predicted octanol–water partition coefficient (Wildman–Crippen LogP) is 3.48. The maximum atomic E-state index is 13.5. The van der Waals surface area contributed by atoms with Gasteiger partial charge in [-0.2, -0.15) is 0 Å². The van der Waals surface area contributed by atoms with Gasteiger partial charge in [0, 0.05) is 12.6 Å². The Bertz CT molecular complexity index is 566. The molecule has 1 atom stereocenters. The quantitative estimate of drug-likeness (QED) is 0.874. The van der Waals surface area contributed by atoms with Crippen molar-refractivity contribution in [3.05, 3.63) is 70.5 Å². The third-order valence-corrected chi connectivity index (χ3v) is 3.51. The number of rotatable bonds is 5. The van der Waals surface area contributed by atoms with Gasteiger partial charge < -0.3 is 10.4 Å². The number of hydrogen-bond donors (Lipinski definition) is 2. The van der Waals surface area contributed by atoms with Gasteiger partial charge in [0.2, 0.25) is 0 Å². The molecule has 0 spiro atoms. The fourth-order valence-electron chi connectivity index (χ4n) is 2.03. The molecule has 0 heterocycles. The number of benzene rings is 2. The van der Waals surface area contributed by atoms with Crippen LogP contribution in [-0.4, -0.2) is 5.11 Å². The second-order valence-corrected chi connectivity index (χ2v) is 5.09. The van der Waals surface area contributed by atoms with E-state index in [9.17, 15) is 4.39 Å². The Balaban J connectivity index is 1.96. The minimum absolute atomic E-state index is 0.0623. The Morgan fingerprint density at radius 3 is 2.35 bits per heavy atom. The van der Waals surface area contributed by atoms with Gasteiger partial charge in [0.1, 0.15) is 5.82 Å². The van der Waals surface area contributed by atoms with Gasteiger partial charge in [-0.15, -0.1) is 0 Å². The first-order chi connectivity index (χ1) is 9.60. The third kappa shape index (κ3) is 3.65. The van der Waals surface area contributed by atoms with Crippen molar-refractivity contribution in [2.45, 2.75) is 33.0 Å². The molecule has 2 nitrogen and oxygen atoms in total. The molecule has 0 aliphatic rings. The second kappa shape index (κ2) is 6.64. The molecule has 0 aliphatic carbocycles. The average Bonchev–Trinajstić information content (AvgIpc) is 2.48. The highest BCUT2D eigenvalue weighted by Crippen LogP contribution is 2.17. The Labute approximate surface area is 119 Å². The van der Waals surface area contributed by atoms with Gasteiger partial charge >= 0.3 is 0 Å². The van der Waals surface area contributed by atoms with E-state index in [-0.39, 0.29) is 18.5 Å². The number of halogens is 1. The summed E-state index contributed by atoms with van der Waals surface area (Å²) in [6, 6.07) is 13.2. The van der Waals surface area contributed by atoms with Crippen LogP contribution in [0.15, 0.2) is 42.5 Å². The van der Waals surface area contributed by atoms with Gasteiger partial charge in [-0.3, -0.25) is 0 Å². The molecule has 0 aromatic heterocycles. The zero-order valence-corrected chi connectivity index (χ0v) is 11.9. The monoisotopic (exact) mass is 273 g/mol. The van der Waals surface area contributed by atoms with E-state index in [0.29, 0.717) is 12.1 Å². The van der Waals surface area contributed by atoms with Gasteiger partial charge in [-0.25, -0.2) is 4.39 Å². The first kappa shape index (κ1) is 14.7. The van der Waals surface area contributed by atoms with Crippen LogP contribution in [0.3, 0.4) is 0 Å². The predicted molar refractivity (Wildman–Crippen MR) is 78.8 cm³/mol. The zero-order valence-electron chi connectivity index (χ0n) is 11.9. The molecule has 1 unspecified atom stereocenters. The van der Waals surface area contributed by atoms with Crippen LogP contribution < -0.4 is 5.32 Å². The summed E-state index contributed by atoms with van der Waals surface area (Å²) < 4.78 is 13.5. The van der Waals surface area contributed by atoms with Crippen molar-refractivity contribution >= 4 is 0 Å². The second-order valence-electron chi connectivity index (χ2n) is 5.09. The summed E-state index contributed by atoms with van der Waals surface area (Å²) in [5.74, 6) is -0.163. The maximum absolute atomic E-state index is 13.5.